The second kappa shape index (κ2) is 6.36. The number of carbonyl (C=O) groups is 1. The van der Waals surface area contributed by atoms with Crippen molar-refractivity contribution >= 4 is 5.91 Å². The highest BCUT2D eigenvalue weighted by Crippen LogP contribution is 2.18. The number of ether oxygens (including phenoxy) is 1. The molecule has 1 amide bonds. The predicted octanol–water partition coefficient (Wildman–Crippen LogP) is 1.01. The van der Waals surface area contributed by atoms with Crippen LogP contribution in [-0.2, 0) is 9.53 Å². The van der Waals surface area contributed by atoms with Gasteiger partial charge in [0, 0.05) is 26.6 Å². The molecule has 2 aliphatic rings. The maximum atomic E-state index is 12.0. The Balaban J connectivity index is 1.70. The Labute approximate surface area is 104 Å². The average Bonchev–Trinajstić information content (AvgIpc) is 2.83. The maximum Gasteiger partial charge on any atom is 0.222 e. The first-order valence-corrected chi connectivity index (χ1v) is 6.82. The van der Waals surface area contributed by atoms with E-state index in [9.17, 15) is 4.79 Å². The van der Waals surface area contributed by atoms with Gasteiger partial charge in [0.25, 0.3) is 0 Å². The van der Waals surface area contributed by atoms with Gasteiger partial charge >= 0.3 is 0 Å². The molecule has 2 saturated heterocycles. The zero-order chi connectivity index (χ0) is 12.1. The van der Waals surface area contributed by atoms with Crippen molar-refractivity contribution in [3.05, 3.63) is 0 Å². The Morgan fingerprint density at radius 3 is 2.76 bits per heavy atom. The van der Waals surface area contributed by atoms with Gasteiger partial charge in [-0.25, -0.2) is 0 Å². The fourth-order valence-electron chi connectivity index (χ4n) is 2.68. The number of likely N-dealkylation sites (N-methyl/N-ethyl adjacent to an activating group) is 1. The van der Waals surface area contributed by atoms with Gasteiger partial charge in [-0.3, -0.25) is 4.79 Å². The molecule has 4 heteroatoms. The molecule has 2 rings (SSSR count). The largest absolute Gasteiger partial charge is 0.376 e. The SMILES string of the molecule is CN(CC1CCCO1)C(=O)CC1CCNCC1. The van der Waals surface area contributed by atoms with E-state index in [4.69, 9.17) is 4.74 Å². The summed E-state index contributed by atoms with van der Waals surface area (Å²) in [5, 5.41) is 3.33. The molecule has 4 nitrogen and oxygen atoms in total. The smallest absolute Gasteiger partial charge is 0.222 e. The topological polar surface area (TPSA) is 41.6 Å². The molecule has 0 aromatic rings. The van der Waals surface area contributed by atoms with Crippen LogP contribution in [0, 0.1) is 5.92 Å². The molecule has 0 aromatic carbocycles. The number of hydrogen-bond acceptors (Lipinski definition) is 3. The number of rotatable bonds is 4. The Bertz CT molecular complexity index is 246. The number of carbonyl (C=O) groups excluding carboxylic acids is 1. The van der Waals surface area contributed by atoms with E-state index in [1.165, 1.54) is 0 Å². The van der Waals surface area contributed by atoms with Crippen molar-refractivity contribution in [1.29, 1.82) is 0 Å². The van der Waals surface area contributed by atoms with Crippen LogP contribution in [0.4, 0.5) is 0 Å². The number of piperidine rings is 1. The highest BCUT2D eigenvalue weighted by Gasteiger charge is 2.22. The van der Waals surface area contributed by atoms with Crippen molar-refractivity contribution in [2.45, 2.75) is 38.2 Å². The third-order valence-corrected chi connectivity index (χ3v) is 3.85. The lowest BCUT2D eigenvalue weighted by Gasteiger charge is -2.26. The lowest BCUT2D eigenvalue weighted by Crippen LogP contribution is -2.36. The first-order valence-electron chi connectivity index (χ1n) is 6.82. The normalized spacial score (nSPS) is 26.1. The zero-order valence-electron chi connectivity index (χ0n) is 10.8. The van der Waals surface area contributed by atoms with Gasteiger partial charge in [0.05, 0.1) is 6.10 Å². The van der Waals surface area contributed by atoms with Crippen LogP contribution in [-0.4, -0.2) is 50.2 Å². The quantitative estimate of drug-likeness (QED) is 0.797. The summed E-state index contributed by atoms with van der Waals surface area (Å²) in [5.74, 6) is 0.864. The molecule has 2 heterocycles. The summed E-state index contributed by atoms with van der Waals surface area (Å²) in [6.45, 7) is 3.76. The fourth-order valence-corrected chi connectivity index (χ4v) is 2.68. The summed E-state index contributed by atoms with van der Waals surface area (Å²) >= 11 is 0. The minimum atomic E-state index is 0.275. The van der Waals surface area contributed by atoms with Gasteiger partial charge in [-0.1, -0.05) is 0 Å². The van der Waals surface area contributed by atoms with E-state index in [2.05, 4.69) is 5.32 Å². The molecule has 0 radical (unpaired) electrons. The van der Waals surface area contributed by atoms with E-state index in [-0.39, 0.29) is 12.0 Å². The summed E-state index contributed by atoms with van der Waals surface area (Å²) in [5.41, 5.74) is 0. The molecular weight excluding hydrogens is 216 g/mol. The van der Waals surface area contributed by atoms with E-state index in [1.807, 2.05) is 11.9 Å². The summed E-state index contributed by atoms with van der Waals surface area (Å²) in [6.07, 6.45) is 5.51. The molecule has 1 N–H and O–H groups in total. The minimum Gasteiger partial charge on any atom is -0.376 e. The molecule has 1 unspecified atom stereocenters. The van der Waals surface area contributed by atoms with Crippen LogP contribution in [0.25, 0.3) is 0 Å². The monoisotopic (exact) mass is 240 g/mol. The second-order valence-corrected chi connectivity index (χ2v) is 5.31. The third kappa shape index (κ3) is 3.96. The molecule has 1 atom stereocenters. The lowest BCUT2D eigenvalue weighted by molar-refractivity contribution is -0.132. The number of amides is 1. The number of nitrogens with one attached hydrogen (secondary N) is 1. The first kappa shape index (κ1) is 12.8. The molecule has 0 aromatic heterocycles. The van der Waals surface area contributed by atoms with Crippen molar-refractivity contribution in [2.75, 3.05) is 33.3 Å². The highest BCUT2D eigenvalue weighted by atomic mass is 16.5. The molecular formula is C13H24N2O2. The molecule has 0 bridgehead atoms. The standard InChI is InChI=1S/C13H24N2O2/c1-15(10-12-3-2-8-17-12)13(16)9-11-4-6-14-7-5-11/h11-12,14H,2-10H2,1H3. The lowest BCUT2D eigenvalue weighted by atomic mass is 9.94. The van der Waals surface area contributed by atoms with Gasteiger partial charge < -0.3 is 15.0 Å². The maximum absolute atomic E-state index is 12.0. The van der Waals surface area contributed by atoms with Crippen LogP contribution in [0.15, 0.2) is 0 Å². The Morgan fingerprint density at radius 1 is 1.35 bits per heavy atom. The predicted molar refractivity (Wildman–Crippen MR) is 66.8 cm³/mol. The van der Waals surface area contributed by atoms with Gasteiger partial charge in [0.15, 0.2) is 0 Å². The summed E-state index contributed by atoms with van der Waals surface area (Å²) in [7, 11) is 1.91. The Kier molecular flexibility index (Phi) is 4.80. The van der Waals surface area contributed by atoms with Gasteiger partial charge in [-0.15, -0.1) is 0 Å². The van der Waals surface area contributed by atoms with Crippen molar-refractivity contribution < 1.29 is 9.53 Å². The van der Waals surface area contributed by atoms with E-state index >= 15 is 0 Å². The minimum absolute atomic E-state index is 0.275. The van der Waals surface area contributed by atoms with Crippen molar-refractivity contribution in [1.82, 2.24) is 10.2 Å². The second-order valence-electron chi connectivity index (χ2n) is 5.31. The van der Waals surface area contributed by atoms with Crippen LogP contribution in [0.3, 0.4) is 0 Å². The Hall–Kier alpha value is -0.610. The number of hydrogen-bond donors (Lipinski definition) is 1. The summed E-state index contributed by atoms with van der Waals surface area (Å²) < 4.78 is 5.56. The molecule has 0 saturated carbocycles. The molecule has 98 valence electrons. The van der Waals surface area contributed by atoms with Crippen LogP contribution >= 0.6 is 0 Å². The summed E-state index contributed by atoms with van der Waals surface area (Å²) in [4.78, 5) is 13.9. The summed E-state index contributed by atoms with van der Waals surface area (Å²) in [6, 6.07) is 0. The molecule has 17 heavy (non-hydrogen) atoms. The van der Waals surface area contributed by atoms with Crippen LogP contribution in [0.5, 0.6) is 0 Å². The van der Waals surface area contributed by atoms with Crippen LogP contribution in [0.2, 0.25) is 0 Å². The third-order valence-electron chi connectivity index (χ3n) is 3.85. The Morgan fingerprint density at radius 2 is 2.12 bits per heavy atom. The van der Waals surface area contributed by atoms with E-state index in [0.29, 0.717) is 12.3 Å². The van der Waals surface area contributed by atoms with Crippen LogP contribution < -0.4 is 5.32 Å². The van der Waals surface area contributed by atoms with Gasteiger partial charge in [0.2, 0.25) is 5.91 Å². The highest BCUT2D eigenvalue weighted by molar-refractivity contribution is 5.76. The fraction of sp³-hybridized carbons (Fsp3) is 0.923. The van der Waals surface area contributed by atoms with E-state index in [1.54, 1.807) is 0 Å². The molecule has 0 spiro atoms. The van der Waals surface area contributed by atoms with Gasteiger partial charge in [-0.05, 0) is 44.7 Å². The first-order chi connectivity index (χ1) is 8.25. The van der Waals surface area contributed by atoms with Crippen LogP contribution in [0.1, 0.15) is 32.1 Å². The van der Waals surface area contributed by atoms with Crippen molar-refractivity contribution in [3.63, 3.8) is 0 Å². The van der Waals surface area contributed by atoms with Gasteiger partial charge in [0.1, 0.15) is 0 Å². The van der Waals surface area contributed by atoms with Crippen molar-refractivity contribution in [2.24, 2.45) is 5.92 Å². The number of nitrogens with zero attached hydrogens (tertiary/aromatic N) is 1. The molecule has 2 aliphatic heterocycles. The average molecular weight is 240 g/mol. The molecule has 2 fully saturated rings. The zero-order valence-corrected chi connectivity index (χ0v) is 10.8. The van der Waals surface area contributed by atoms with Gasteiger partial charge in [-0.2, -0.15) is 0 Å². The van der Waals surface area contributed by atoms with Crippen molar-refractivity contribution in [3.8, 4) is 0 Å². The van der Waals surface area contributed by atoms with E-state index < -0.39 is 0 Å². The van der Waals surface area contributed by atoms with E-state index in [0.717, 1.165) is 51.9 Å². The molecule has 0 aliphatic carbocycles.